The van der Waals surface area contributed by atoms with Crippen LogP contribution in [0.25, 0.3) is 12.2 Å². The lowest BCUT2D eigenvalue weighted by atomic mass is 10.1. The zero-order valence-electron chi connectivity index (χ0n) is 14.7. The quantitative estimate of drug-likeness (QED) is 0.507. The van der Waals surface area contributed by atoms with Crippen LogP contribution in [-0.2, 0) is 16.6 Å². The third-order valence-electron chi connectivity index (χ3n) is 3.85. The summed E-state index contributed by atoms with van der Waals surface area (Å²) in [6, 6.07) is 8.47. The van der Waals surface area contributed by atoms with Crippen LogP contribution in [0.2, 0.25) is 0 Å². The first-order valence-corrected chi connectivity index (χ1v) is 7.81. The fourth-order valence-electron chi connectivity index (χ4n) is 2.29. The second-order valence-corrected chi connectivity index (χ2v) is 5.63. The molecule has 0 unspecified atom stereocenters. The van der Waals surface area contributed by atoms with E-state index in [4.69, 9.17) is 0 Å². The number of carbonyl (C=O) groups excluding carboxylic acids is 2. The van der Waals surface area contributed by atoms with Crippen molar-refractivity contribution < 1.29 is 19.4 Å². The minimum Gasteiger partial charge on any atom is -0.507 e. The minimum absolute atomic E-state index is 0.268. The Hall–Kier alpha value is -3.41. The number of esters is 1. The van der Waals surface area contributed by atoms with E-state index in [1.165, 1.54) is 43.0 Å². The van der Waals surface area contributed by atoms with E-state index >= 15 is 0 Å². The topological polar surface area (TPSA) is 85.6 Å². The SMILES string of the molecule is COC(=O)/C=C/c1cccc(/C=C/C(=O)c2c(O)cc(C)n(C)c2=O)c1. The Morgan fingerprint density at radius 3 is 2.35 bits per heavy atom. The number of carbonyl (C=O) groups is 2. The molecule has 2 rings (SSSR count). The minimum atomic E-state index is -0.585. The van der Waals surface area contributed by atoms with Crippen molar-refractivity contribution in [1.82, 2.24) is 4.57 Å². The largest absolute Gasteiger partial charge is 0.507 e. The van der Waals surface area contributed by atoms with Crippen LogP contribution in [0.15, 0.2) is 47.3 Å². The molecule has 0 atom stereocenters. The van der Waals surface area contributed by atoms with Crippen molar-refractivity contribution in [2.75, 3.05) is 7.11 Å². The summed E-state index contributed by atoms with van der Waals surface area (Å²) in [7, 11) is 2.83. The van der Waals surface area contributed by atoms with E-state index in [0.717, 1.165) is 5.56 Å². The Morgan fingerprint density at radius 1 is 1.12 bits per heavy atom. The standard InChI is InChI=1S/C20H19NO5/c1-13-11-17(23)19(20(25)21(13)2)16(22)9-7-14-5-4-6-15(12-14)8-10-18(24)26-3/h4-12,23H,1-3H3/b9-7+,10-8+. The summed E-state index contributed by atoms with van der Waals surface area (Å²) in [4.78, 5) is 35.7. The predicted octanol–water partition coefficient (Wildman–Crippen LogP) is 2.48. The highest BCUT2D eigenvalue weighted by Crippen LogP contribution is 2.16. The van der Waals surface area contributed by atoms with Gasteiger partial charge in [0.25, 0.3) is 5.56 Å². The highest BCUT2D eigenvalue weighted by molar-refractivity contribution is 6.08. The Morgan fingerprint density at radius 2 is 1.73 bits per heavy atom. The molecule has 2 aromatic rings. The molecule has 0 amide bonds. The maximum atomic E-state index is 12.3. The number of hydrogen-bond acceptors (Lipinski definition) is 5. The summed E-state index contributed by atoms with van der Waals surface area (Å²) in [5.41, 5.74) is 1.19. The van der Waals surface area contributed by atoms with Gasteiger partial charge in [0.15, 0.2) is 5.78 Å². The van der Waals surface area contributed by atoms with Crippen molar-refractivity contribution >= 4 is 23.9 Å². The number of allylic oxidation sites excluding steroid dienone is 1. The molecule has 0 aliphatic heterocycles. The highest BCUT2D eigenvalue weighted by atomic mass is 16.5. The van der Waals surface area contributed by atoms with Crippen molar-refractivity contribution in [3.05, 3.63) is 75.2 Å². The number of aromatic nitrogens is 1. The number of rotatable bonds is 5. The van der Waals surface area contributed by atoms with Crippen molar-refractivity contribution in [3.8, 4) is 5.75 Å². The second kappa shape index (κ2) is 8.11. The maximum absolute atomic E-state index is 12.3. The van der Waals surface area contributed by atoms with Crippen LogP contribution in [-0.4, -0.2) is 28.5 Å². The van der Waals surface area contributed by atoms with Crippen LogP contribution in [0.5, 0.6) is 5.75 Å². The Balaban J connectivity index is 2.27. The molecule has 0 saturated carbocycles. The van der Waals surface area contributed by atoms with Gasteiger partial charge in [0.2, 0.25) is 0 Å². The van der Waals surface area contributed by atoms with Gasteiger partial charge in [-0.15, -0.1) is 0 Å². The normalized spacial score (nSPS) is 11.2. The number of ketones is 1. The molecule has 134 valence electrons. The van der Waals surface area contributed by atoms with E-state index in [1.807, 2.05) is 0 Å². The van der Waals surface area contributed by atoms with Crippen LogP contribution in [0.1, 0.15) is 27.2 Å². The van der Waals surface area contributed by atoms with Gasteiger partial charge in [0.1, 0.15) is 11.3 Å². The monoisotopic (exact) mass is 353 g/mol. The molecule has 0 saturated heterocycles. The average molecular weight is 353 g/mol. The lowest BCUT2D eigenvalue weighted by Crippen LogP contribution is -2.25. The molecular weight excluding hydrogens is 334 g/mol. The van der Waals surface area contributed by atoms with Gasteiger partial charge in [0.05, 0.1) is 7.11 Å². The smallest absolute Gasteiger partial charge is 0.330 e. The van der Waals surface area contributed by atoms with Crippen LogP contribution in [0.4, 0.5) is 0 Å². The summed E-state index contributed by atoms with van der Waals surface area (Å²) in [6.45, 7) is 1.67. The zero-order chi connectivity index (χ0) is 19.3. The van der Waals surface area contributed by atoms with E-state index < -0.39 is 17.3 Å². The molecule has 0 spiro atoms. The second-order valence-electron chi connectivity index (χ2n) is 5.63. The van der Waals surface area contributed by atoms with Gasteiger partial charge in [-0.05, 0) is 36.3 Å². The Kier molecular flexibility index (Phi) is 5.90. The molecular formula is C20H19NO5. The zero-order valence-corrected chi connectivity index (χ0v) is 14.7. The molecule has 1 aromatic heterocycles. The highest BCUT2D eigenvalue weighted by Gasteiger charge is 2.16. The molecule has 26 heavy (non-hydrogen) atoms. The lowest BCUT2D eigenvalue weighted by Gasteiger charge is -2.07. The molecule has 0 aliphatic carbocycles. The first kappa shape index (κ1) is 18.9. The summed E-state index contributed by atoms with van der Waals surface area (Å²) >= 11 is 0. The molecule has 0 aliphatic rings. The summed E-state index contributed by atoms with van der Waals surface area (Å²) in [5.74, 6) is -1.39. The van der Waals surface area contributed by atoms with Crippen LogP contribution in [0, 0.1) is 6.92 Å². The molecule has 6 heteroatoms. The molecule has 0 bridgehead atoms. The summed E-state index contributed by atoms with van der Waals surface area (Å²) in [5, 5.41) is 9.93. The van der Waals surface area contributed by atoms with Crippen molar-refractivity contribution in [2.45, 2.75) is 6.92 Å². The van der Waals surface area contributed by atoms with E-state index in [0.29, 0.717) is 11.3 Å². The number of nitrogens with zero attached hydrogens (tertiary/aromatic N) is 1. The van der Waals surface area contributed by atoms with Crippen molar-refractivity contribution in [3.63, 3.8) is 0 Å². The first-order valence-electron chi connectivity index (χ1n) is 7.81. The third-order valence-corrected chi connectivity index (χ3v) is 3.85. The van der Waals surface area contributed by atoms with E-state index in [-0.39, 0.29) is 11.3 Å². The van der Waals surface area contributed by atoms with Crippen molar-refractivity contribution in [2.24, 2.45) is 7.05 Å². The Bertz CT molecular complexity index is 967. The fourth-order valence-corrected chi connectivity index (χ4v) is 2.29. The van der Waals surface area contributed by atoms with Gasteiger partial charge in [-0.25, -0.2) is 4.79 Å². The van der Waals surface area contributed by atoms with Gasteiger partial charge in [-0.1, -0.05) is 24.3 Å². The van der Waals surface area contributed by atoms with Gasteiger partial charge >= 0.3 is 5.97 Å². The van der Waals surface area contributed by atoms with Gasteiger partial charge in [-0.3, -0.25) is 9.59 Å². The lowest BCUT2D eigenvalue weighted by molar-refractivity contribution is -0.134. The average Bonchev–Trinajstić information content (AvgIpc) is 2.63. The molecule has 0 fully saturated rings. The van der Waals surface area contributed by atoms with Crippen LogP contribution < -0.4 is 5.56 Å². The van der Waals surface area contributed by atoms with E-state index in [9.17, 15) is 19.5 Å². The number of hydrogen-bond donors (Lipinski definition) is 1. The number of aryl methyl sites for hydroxylation is 1. The van der Waals surface area contributed by atoms with Crippen molar-refractivity contribution in [1.29, 1.82) is 0 Å². The van der Waals surface area contributed by atoms with Crippen LogP contribution >= 0.6 is 0 Å². The molecule has 6 nitrogen and oxygen atoms in total. The molecule has 0 radical (unpaired) electrons. The van der Waals surface area contributed by atoms with Gasteiger partial charge in [0, 0.05) is 24.9 Å². The van der Waals surface area contributed by atoms with Crippen LogP contribution in [0.3, 0.4) is 0 Å². The maximum Gasteiger partial charge on any atom is 0.330 e. The Labute approximate surface area is 150 Å². The number of pyridine rings is 1. The predicted molar refractivity (Wildman–Crippen MR) is 98.9 cm³/mol. The van der Waals surface area contributed by atoms with Gasteiger partial charge in [-0.2, -0.15) is 0 Å². The summed E-state index contributed by atoms with van der Waals surface area (Å²) < 4.78 is 5.84. The first-order chi connectivity index (χ1) is 12.3. The summed E-state index contributed by atoms with van der Waals surface area (Å²) in [6.07, 6.45) is 5.65. The fraction of sp³-hybridized carbons (Fsp3) is 0.150. The number of benzene rings is 1. The molecule has 1 heterocycles. The van der Waals surface area contributed by atoms with E-state index in [2.05, 4.69) is 4.74 Å². The number of aromatic hydroxyl groups is 1. The number of methoxy groups -OCH3 is 1. The van der Waals surface area contributed by atoms with Gasteiger partial charge < -0.3 is 14.4 Å². The molecule has 1 N–H and O–H groups in total. The molecule has 1 aromatic carbocycles. The number of ether oxygens (including phenoxy) is 1. The third kappa shape index (κ3) is 4.36. The van der Waals surface area contributed by atoms with E-state index in [1.54, 1.807) is 37.3 Å².